The van der Waals surface area contributed by atoms with Crippen LogP contribution in [-0.4, -0.2) is 61.8 Å². The summed E-state index contributed by atoms with van der Waals surface area (Å²) in [6.45, 7) is 2.59. The van der Waals surface area contributed by atoms with Gasteiger partial charge in [0.2, 0.25) is 0 Å². The van der Waals surface area contributed by atoms with Crippen LogP contribution in [0.3, 0.4) is 0 Å². The lowest BCUT2D eigenvalue weighted by molar-refractivity contribution is -0.165. The first kappa shape index (κ1) is 20.6. The molecule has 146 valence electrons. The molecule has 1 saturated heterocycles. The first-order valence-corrected chi connectivity index (χ1v) is 10.7. The van der Waals surface area contributed by atoms with Gasteiger partial charge in [-0.05, 0) is 6.26 Å². The van der Waals surface area contributed by atoms with Gasteiger partial charge in [-0.2, -0.15) is 11.8 Å². The molecule has 2 aromatic rings. The highest BCUT2D eigenvalue weighted by Gasteiger charge is 2.50. The van der Waals surface area contributed by atoms with Gasteiger partial charge in [-0.15, -0.1) is 0 Å². The number of nitrogens with zero attached hydrogens (tertiary/aromatic N) is 4. The third kappa shape index (κ3) is 4.30. The number of aromatic nitrogens is 4. The molecule has 12 heteroatoms. The van der Waals surface area contributed by atoms with Gasteiger partial charge in [0.25, 0.3) is 0 Å². The molecule has 0 N–H and O–H groups in total. The molecule has 4 atom stereocenters. The summed E-state index contributed by atoms with van der Waals surface area (Å²) in [5, 5.41) is 0.211. The normalized spacial score (nSPS) is 24.9. The van der Waals surface area contributed by atoms with Crippen LogP contribution in [0.4, 0.5) is 0 Å². The fourth-order valence-electron chi connectivity index (χ4n) is 2.92. The van der Waals surface area contributed by atoms with Crippen molar-refractivity contribution in [3.63, 3.8) is 0 Å². The van der Waals surface area contributed by atoms with E-state index >= 15 is 0 Å². The number of hydrogen-bond donors (Lipinski definition) is 0. The molecule has 0 aromatic carbocycles. The fraction of sp³-hybridized carbons (Fsp3) is 0.533. The number of imidazole rings is 1. The molecular weight excluding hydrogens is 511 g/mol. The minimum Gasteiger partial charge on any atom is -0.456 e. The van der Waals surface area contributed by atoms with Gasteiger partial charge in [-0.1, -0.05) is 11.6 Å². The van der Waals surface area contributed by atoms with E-state index in [2.05, 4.69) is 15.0 Å². The number of rotatable bonds is 5. The summed E-state index contributed by atoms with van der Waals surface area (Å²) < 4.78 is 19.1. The first-order chi connectivity index (χ1) is 12.8. The number of carbonyl (C=O) groups is 2. The molecule has 27 heavy (non-hydrogen) atoms. The van der Waals surface area contributed by atoms with Crippen LogP contribution in [0.2, 0.25) is 5.15 Å². The van der Waals surface area contributed by atoms with Crippen LogP contribution in [0.1, 0.15) is 20.1 Å². The van der Waals surface area contributed by atoms with Crippen LogP contribution in [0.25, 0.3) is 11.2 Å². The van der Waals surface area contributed by atoms with Crippen LogP contribution >= 0.6 is 46.0 Å². The van der Waals surface area contributed by atoms with E-state index in [4.69, 9.17) is 25.8 Å². The van der Waals surface area contributed by atoms with Crippen LogP contribution in [0.15, 0.2) is 6.33 Å². The molecule has 0 bridgehead atoms. The van der Waals surface area contributed by atoms with Gasteiger partial charge in [0, 0.05) is 42.2 Å². The molecule has 0 aliphatic carbocycles. The molecule has 2 aromatic heterocycles. The second-order valence-electron chi connectivity index (χ2n) is 5.78. The van der Waals surface area contributed by atoms with E-state index in [1.807, 2.05) is 28.8 Å². The summed E-state index contributed by atoms with van der Waals surface area (Å²) in [7, 11) is 0. The van der Waals surface area contributed by atoms with Crippen molar-refractivity contribution in [2.75, 3.05) is 12.0 Å². The highest BCUT2D eigenvalue weighted by molar-refractivity contribution is 14.1. The van der Waals surface area contributed by atoms with Crippen molar-refractivity contribution in [1.29, 1.82) is 0 Å². The largest absolute Gasteiger partial charge is 0.456 e. The predicted molar refractivity (Wildman–Crippen MR) is 106 cm³/mol. The zero-order valence-electron chi connectivity index (χ0n) is 14.6. The zero-order valence-corrected chi connectivity index (χ0v) is 18.3. The monoisotopic (exact) mass is 526 g/mol. The van der Waals surface area contributed by atoms with Crippen LogP contribution in [0, 0.1) is 3.83 Å². The van der Waals surface area contributed by atoms with Crippen LogP contribution in [-0.2, 0) is 23.8 Å². The predicted octanol–water partition coefficient (Wildman–Crippen LogP) is 2.21. The Labute approximate surface area is 177 Å². The third-order valence-corrected chi connectivity index (χ3v) is 5.25. The second kappa shape index (κ2) is 8.45. The van der Waals surface area contributed by atoms with Gasteiger partial charge < -0.3 is 14.2 Å². The molecule has 0 amide bonds. The van der Waals surface area contributed by atoms with E-state index in [9.17, 15) is 9.59 Å². The number of hydrogen-bond acceptors (Lipinski definition) is 9. The maximum Gasteiger partial charge on any atom is 0.303 e. The number of thioether (sulfide) groups is 1. The fourth-order valence-corrected chi connectivity index (χ4v) is 4.35. The average Bonchev–Trinajstić information content (AvgIpc) is 3.10. The third-order valence-electron chi connectivity index (χ3n) is 3.85. The SMILES string of the molecule is CSC[C@H]1OC(n2cnc3c(Cl)nc(I)nc32)[C@H](OC(C)=O)[C@@H]1OC(C)=O. The number of fused-ring (bicyclic) bond motifs is 1. The van der Waals surface area contributed by atoms with Crippen molar-refractivity contribution in [3.8, 4) is 0 Å². The van der Waals surface area contributed by atoms with Crippen molar-refractivity contribution in [1.82, 2.24) is 19.5 Å². The molecule has 0 spiro atoms. The molecule has 1 unspecified atom stereocenters. The zero-order chi connectivity index (χ0) is 19.7. The van der Waals surface area contributed by atoms with Crippen LogP contribution in [0.5, 0.6) is 0 Å². The summed E-state index contributed by atoms with van der Waals surface area (Å²) >= 11 is 9.62. The lowest BCUT2D eigenvalue weighted by atomic mass is 10.1. The second-order valence-corrected chi connectivity index (χ2v) is 8.01. The van der Waals surface area contributed by atoms with Crippen molar-refractivity contribution >= 4 is 69.1 Å². The average molecular weight is 527 g/mol. The quantitative estimate of drug-likeness (QED) is 0.251. The molecule has 0 radical (unpaired) electrons. The van der Waals surface area contributed by atoms with Gasteiger partial charge in [-0.3, -0.25) is 14.2 Å². The smallest absolute Gasteiger partial charge is 0.303 e. The Balaban J connectivity index is 2.06. The molecular formula is C15H16ClIN4O5S. The Kier molecular flexibility index (Phi) is 6.43. The Morgan fingerprint density at radius 2 is 1.96 bits per heavy atom. The lowest BCUT2D eigenvalue weighted by Crippen LogP contribution is -2.39. The van der Waals surface area contributed by atoms with E-state index < -0.39 is 36.5 Å². The minimum absolute atomic E-state index is 0.211. The molecule has 3 heterocycles. The molecule has 0 saturated carbocycles. The summed E-state index contributed by atoms with van der Waals surface area (Å²) in [6.07, 6.45) is 0.554. The molecule has 1 aliphatic heterocycles. The first-order valence-electron chi connectivity index (χ1n) is 7.86. The molecule has 1 aliphatic rings. The topological polar surface area (TPSA) is 105 Å². The van der Waals surface area contributed by atoms with E-state index in [-0.39, 0.29) is 5.15 Å². The summed E-state index contributed by atoms with van der Waals surface area (Å²) in [5.74, 6) is -0.448. The Morgan fingerprint density at radius 3 is 2.59 bits per heavy atom. The van der Waals surface area contributed by atoms with Gasteiger partial charge >= 0.3 is 11.9 Å². The Hall–Kier alpha value is -1.18. The van der Waals surface area contributed by atoms with Crippen LogP contribution < -0.4 is 0 Å². The lowest BCUT2D eigenvalue weighted by Gasteiger charge is -2.23. The molecule has 3 rings (SSSR count). The maximum atomic E-state index is 11.7. The van der Waals surface area contributed by atoms with Crippen molar-refractivity contribution in [2.24, 2.45) is 0 Å². The highest BCUT2D eigenvalue weighted by atomic mass is 127. The van der Waals surface area contributed by atoms with Gasteiger partial charge in [0.1, 0.15) is 11.6 Å². The summed E-state index contributed by atoms with van der Waals surface area (Å²) in [4.78, 5) is 36.0. The standard InChI is InChI=1S/C15H16ClIN4O5S/c1-6(22)24-10-8(4-27-3)26-14(11(10)25-7(2)23)21-5-18-9-12(16)19-15(17)20-13(9)21/h5,8,10-11,14H,4H2,1-3H3/t8-,10-,11-,14?/m1/s1. The highest BCUT2D eigenvalue weighted by Crippen LogP contribution is 2.37. The molecule has 9 nitrogen and oxygen atoms in total. The number of halogens is 2. The van der Waals surface area contributed by atoms with Gasteiger partial charge in [0.05, 0.1) is 6.33 Å². The summed E-state index contributed by atoms with van der Waals surface area (Å²) in [6, 6.07) is 0. The number of esters is 2. The van der Waals surface area contributed by atoms with Crippen molar-refractivity contribution in [2.45, 2.75) is 38.4 Å². The summed E-state index contributed by atoms with van der Waals surface area (Å²) in [5.41, 5.74) is 0.840. The van der Waals surface area contributed by atoms with E-state index in [0.29, 0.717) is 20.7 Å². The van der Waals surface area contributed by atoms with E-state index in [0.717, 1.165) is 0 Å². The maximum absolute atomic E-state index is 11.7. The van der Waals surface area contributed by atoms with Gasteiger partial charge in [-0.25, -0.2) is 15.0 Å². The number of ether oxygens (including phenoxy) is 3. The Morgan fingerprint density at radius 1 is 1.30 bits per heavy atom. The van der Waals surface area contributed by atoms with Crippen molar-refractivity contribution < 1.29 is 23.8 Å². The van der Waals surface area contributed by atoms with Crippen molar-refractivity contribution in [3.05, 3.63) is 15.3 Å². The van der Waals surface area contributed by atoms with E-state index in [1.165, 1.54) is 31.9 Å². The van der Waals surface area contributed by atoms with E-state index in [1.54, 1.807) is 4.57 Å². The number of carbonyl (C=O) groups excluding carboxylic acids is 2. The molecule has 1 fully saturated rings. The Bertz CT molecular complexity index is 881. The van der Waals surface area contributed by atoms with Gasteiger partial charge in [0.15, 0.2) is 33.1 Å². The minimum atomic E-state index is -0.854.